The molecule has 1 atom stereocenters. The van der Waals surface area contributed by atoms with Crippen molar-refractivity contribution < 1.29 is 14.1 Å². The van der Waals surface area contributed by atoms with Crippen LogP contribution < -0.4 is 10.1 Å². The molecule has 3 rings (SSSR count). The van der Waals surface area contributed by atoms with E-state index in [9.17, 15) is 4.79 Å². The van der Waals surface area contributed by atoms with Gasteiger partial charge in [-0.3, -0.25) is 10.1 Å². The van der Waals surface area contributed by atoms with Crippen LogP contribution in [0.4, 0.5) is 5.88 Å². The fraction of sp³-hybridized carbons (Fsp3) is 0.375. The monoisotopic (exact) mass is 286 g/mol. The van der Waals surface area contributed by atoms with Gasteiger partial charge in [0.05, 0.1) is 12.8 Å². The lowest BCUT2D eigenvalue weighted by molar-refractivity contribution is 0.102. The maximum Gasteiger partial charge on any atom is 0.258 e. The average molecular weight is 286 g/mol. The van der Waals surface area contributed by atoms with E-state index in [1.807, 2.05) is 0 Å². The Morgan fingerprint density at radius 1 is 1.38 bits per heavy atom. The highest BCUT2D eigenvalue weighted by molar-refractivity contribution is 6.03. The maximum absolute atomic E-state index is 12.2. The van der Waals surface area contributed by atoms with Crippen LogP contribution in [0.3, 0.4) is 0 Å². The summed E-state index contributed by atoms with van der Waals surface area (Å²) in [6.07, 6.45) is 2.93. The number of anilines is 1. The van der Waals surface area contributed by atoms with Crippen LogP contribution in [-0.2, 0) is 12.8 Å². The molecule has 1 aromatic carbocycles. The number of nitrogens with one attached hydrogen (secondary N) is 1. The molecule has 110 valence electrons. The van der Waals surface area contributed by atoms with Gasteiger partial charge in [0.2, 0.25) is 5.88 Å². The van der Waals surface area contributed by atoms with Crippen molar-refractivity contribution >= 4 is 11.8 Å². The van der Waals surface area contributed by atoms with Gasteiger partial charge in [0.15, 0.2) is 0 Å². The lowest BCUT2D eigenvalue weighted by atomic mass is 9.89. The van der Waals surface area contributed by atoms with E-state index in [0.717, 1.165) is 36.3 Å². The van der Waals surface area contributed by atoms with E-state index in [1.54, 1.807) is 31.4 Å². The highest BCUT2D eigenvalue weighted by Crippen LogP contribution is 2.30. The summed E-state index contributed by atoms with van der Waals surface area (Å²) >= 11 is 0. The highest BCUT2D eigenvalue weighted by Gasteiger charge is 2.24. The molecule has 0 saturated carbocycles. The van der Waals surface area contributed by atoms with Crippen molar-refractivity contribution in [3.05, 3.63) is 41.1 Å². The Morgan fingerprint density at radius 3 is 2.86 bits per heavy atom. The Kier molecular flexibility index (Phi) is 3.64. The minimum Gasteiger partial charge on any atom is -0.497 e. The molecule has 1 aromatic heterocycles. The zero-order chi connectivity index (χ0) is 14.8. The molecule has 0 saturated heterocycles. The summed E-state index contributed by atoms with van der Waals surface area (Å²) in [6, 6.07) is 6.96. The summed E-state index contributed by atoms with van der Waals surface area (Å²) in [5, 5.41) is 6.87. The summed E-state index contributed by atoms with van der Waals surface area (Å²) in [5.74, 6) is 1.60. The topological polar surface area (TPSA) is 64.4 Å². The summed E-state index contributed by atoms with van der Waals surface area (Å²) in [5.41, 5.74) is 2.57. The molecule has 1 N–H and O–H groups in total. The number of methoxy groups -OCH3 is 1. The summed E-state index contributed by atoms with van der Waals surface area (Å²) in [7, 11) is 1.59. The molecule has 0 spiro atoms. The number of hydrogen-bond donors (Lipinski definition) is 1. The fourth-order valence-corrected chi connectivity index (χ4v) is 2.60. The summed E-state index contributed by atoms with van der Waals surface area (Å²) in [6.45, 7) is 2.20. The molecule has 1 unspecified atom stereocenters. The normalized spacial score (nSPS) is 17.1. The Labute approximate surface area is 123 Å². The van der Waals surface area contributed by atoms with Crippen molar-refractivity contribution in [2.24, 2.45) is 5.92 Å². The Balaban J connectivity index is 1.77. The van der Waals surface area contributed by atoms with E-state index in [1.165, 1.54) is 0 Å². The van der Waals surface area contributed by atoms with Gasteiger partial charge in [0, 0.05) is 11.1 Å². The molecule has 5 heteroatoms. The number of amides is 1. The van der Waals surface area contributed by atoms with Crippen LogP contribution in [0.25, 0.3) is 0 Å². The number of hydrogen-bond acceptors (Lipinski definition) is 4. The molecule has 1 amide bonds. The standard InChI is InChI=1S/C16H18N2O3/c1-10-3-8-14-13(9-10)16(21-18-14)17-15(19)11-4-6-12(20-2)7-5-11/h4-7,10H,3,8-9H2,1-2H3,(H,17,19). The first-order valence-electron chi connectivity index (χ1n) is 7.10. The van der Waals surface area contributed by atoms with Crippen molar-refractivity contribution in [3.8, 4) is 5.75 Å². The Morgan fingerprint density at radius 2 is 2.14 bits per heavy atom. The van der Waals surface area contributed by atoms with Gasteiger partial charge < -0.3 is 9.26 Å². The Bertz CT molecular complexity index is 646. The third-order valence-electron chi connectivity index (χ3n) is 3.88. The second-order valence-electron chi connectivity index (χ2n) is 5.47. The number of carbonyl (C=O) groups is 1. The van der Waals surface area contributed by atoms with Gasteiger partial charge in [-0.05, 0) is 49.4 Å². The van der Waals surface area contributed by atoms with Crippen LogP contribution in [-0.4, -0.2) is 18.2 Å². The second kappa shape index (κ2) is 5.60. The predicted molar refractivity (Wildman–Crippen MR) is 78.6 cm³/mol. The van der Waals surface area contributed by atoms with E-state index in [-0.39, 0.29) is 5.91 Å². The van der Waals surface area contributed by atoms with E-state index < -0.39 is 0 Å². The van der Waals surface area contributed by atoms with Gasteiger partial charge in [-0.25, -0.2) is 0 Å². The quantitative estimate of drug-likeness (QED) is 0.941. The van der Waals surface area contributed by atoms with Crippen molar-refractivity contribution in [3.63, 3.8) is 0 Å². The summed E-state index contributed by atoms with van der Waals surface area (Å²) < 4.78 is 10.4. The first-order chi connectivity index (χ1) is 10.2. The van der Waals surface area contributed by atoms with Gasteiger partial charge in [-0.1, -0.05) is 12.1 Å². The zero-order valence-electron chi connectivity index (χ0n) is 12.2. The lowest BCUT2D eigenvalue weighted by Gasteiger charge is -2.16. The van der Waals surface area contributed by atoms with Gasteiger partial charge in [-0.15, -0.1) is 0 Å². The molecule has 0 bridgehead atoms. The van der Waals surface area contributed by atoms with Crippen LogP contribution in [0.1, 0.15) is 35.0 Å². The second-order valence-corrected chi connectivity index (χ2v) is 5.47. The fourth-order valence-electron chi connectivity index (χ4n) is 2.60. The van der Waals surface area contributed by atoms with E-state index in [0.29, 0.717) is 17.4 Å². The van der Waals surface area contributed by atoms with Crippen molar-refractivity contribution in [1.29, 1.82) is 0 Å². The van der Waals surface area contributed by atoms with Crippen LogP contribution in [0.15, 0.2) is 28.8 Å². The maximum atomic E-state index is 12.2. The molecule has 2 aromatic rings. The number of fused-ring (bicyclic) bond motifs is 1. The molecule has 0 radical (unpaired) electrons. The van der Waals surface area contributed by atoms with Crippen molar-refractivity contribution in [2.45, 2.75) is 26.2 Å². The van der Waals surface area contributed by atoms with Crippen LogP contribution in [0, 0.1) is 5.92 Å². The molecule has 1 heterocycles. The third kappa shape index (κ3) is 2.77. The molecule has 21 heavy (non-hydrogen) atoms. The van der Waals surface area contributed by atoms with Crippen LogP contribution in [0.5, 0.6) is 5.75 Å². The lowest BCUT2D eigenvalue weighted by Crippen LogP contribution is -2.15. The molecular weight excluding hydrogens is 268 g/mol. The zero-order valence-corrected chi connectivity index (χ0v) is 12.2. The third-order valence-corrected chi connectivity index (χ3v) is 3.88. The van der Waals surface area contributed by atoms with Gasteiger partial charge in [-0.2, -0.15) is 0 Å². The van der Waals surface area contributed by atoms with Crippen LogP contribution in [0.2, 0.25) is 0 Å². The number of aromatic nitrogens is 1. The molecule has 0 fully saturated rings. The first kappa shape index (κ1) is 13.7. The minimum atomic E-state index is -0.199. The Hall–Kier alpha value is -2.30. The summed E-state index contributed by atoms with van der Waals surface area (Å²) in [4.78, 5) is 12.2. The van der Waals surface area contributed by atoms with E-state index in [2.05, 4.69) is 17.4 Å². The number of nitrogens with zero attached hydrogens (tertiary/aromatic N) is 1. The molecule has 1 aliphatic rings. The largest absolute Gasteiger partial charge is 0.497 e. The van der Waals surface area contributed by atoms with Crippen molar-refractivity contribution in [2.75, 3.05) is 12.4 Å². The van der Waals surface area contributed by atoms with E-state index in [4.69, 9.17) is 9.26 Å². The molecular formula is C16H18N2O3. The van der Waals surface area contributed by atoms with Crippen LogP contribution >= 0.6 is 0 Å². The number of ether oxygens (including phenoxy) is 1. The smallest absolute Gasteiger partial charge is 0.258 e. The number of carbonyl (C=O) groups excluding carboxylic acids is 1. The van der Waals surface area contributed by atoms with E-state index >= 15 is 0 Å². The molecule has 5 nitrogen and oxygen atoms in total. The average Bonchev–Trinajstić information content (AvgIpc) is 2.89. The highest BCUT2D eigenvalue weighted by atomic mass is 16.5. The predicted octanol–water partition coefficient (Wildman–Crippen LogP) is 3.06. The molecule has 0 aliphatic heterocycles. The number of benzene rings is 1. The minimum absolute atomic E-state index is 0.199. The van der Waals surface area contributed by atoms with Gasteiger partial charge in [0.1, 0.15) is 5.75 Å². The number of aryl methyl sites for hydroxylation is 1. The van der Waals surface area contributed by atoms with Gasteiger partial charge >= 0.3 is 0 Å². The molecule has 1 aliphatic carbocycles. The van der Waals surface area contributed by atoms with Gasteiger partial charge in [0.25, 0.3) is 5.91 Å². The number of rotatable bonds is 3. The van der Waals surface area contributed by atoms with Crippen molar-refractivity contribution in [1.82, 2.24) is 5.16 Å². The SMILES string of the molecule is COc1ccc(C(=O)Nc2onc3c2CC(C)CC3)cc1. The first-order valence-corrected chi connectivity index (χ1v) is 7.10.